The second-order valence-corrected chi connectivity index (χ2v) is 9.98. The summed E-state index contributed by atoms with van der Waals surface area (Å²) in [5.74, 6) is 1.43. The maximum Gasteiger partial charge on any atom is 0.171 e. The van der Waals surface area contributed by atoms with E-state index < -0.39 is 0 Å². The van der Waals surface area contributed by atoms with Crippen molar-refractivity contribution in [1.29, 1.82) is 0 Å². The smallest absolute Gasteiger partial charge is 0.171 e. The van der Waals surface area contributed by atoms with Gasteiger partial charge in [-0.3, -0.25) is 0 Å². The molecule has 1 N–H and O–H groups in total. The minimum absolute atomic E-state index is 0.0421. The Hall–Kier alpha value is -0.420. The monoisotopic (exact) mass is 346 g/mol. The maximum atomic E-state index is 10.6. The molecule has 0 aromatic rings. The minimum atomic E-state index is -0.375. The Bertz CT molecular complexity index is 652. The standard InChI is InChI=1S/C21H30O4/c1-13-11-19-12-20(23-9-10-24-20)7-8-21(19,25-19)15-5-6-18(2)14(17(13)15)3-4-16(18)22/h5,13-14,16-17,22H,3-4,6-12H2,1-2H3/t13-,14?,16?,17?,18+,19?,21?/m1/s1. The van der Waals surface area contributed by atoms with Gasteiger partial charge in [-0.2, -0.15) is 0 Å². The lowest BCUT2D eigenvalue weighted by Gasteiger charge is -2.52. The summed E-state index contributed by atoms with van der Waals surface area (Å²) in [5.41, 5.74) is 1.55. The van der Waals surface area contributed by atoms with Gasteiger partial charge in [0.25, 0.3) is 0 Å². The molecule has 0 bridgehead atoms. The van der Waals surface area contributed by atoms with Crippen LogP contribution in [0.1, 0.15) is 58.8 Å². The molecule has 5 fully saturated rings. The summed E-state index contributed by atoms with van der Waals surface area (Å²) in [7, 11) is 0. The van der Waals surface area contributed by atoms with Crippen molar-refractivity contribution in [3.63, 3.8) is 0 Å². The van der Waals surface area contributed by atoms with E-state index in [-0.39, 0.29) is 28.5 Å². The number of rotatable bonds is 0. The molecule has 0 aromatic heterocycles. The largest absolute Gasteiger partial charge is 0.393 e. The Morgan fingerprint density at radius 3 is 2.76 bits per heavy atom. The van der Waals surface area contributed by atoms with Gasteiger partial charge in [0.15, 0.2) is 5.79 Å². The van der Waals surface area contributed by atoms with E-state index >= 15 is 0 Å². The second kappa shape index (κ2) is 4.52. The van der Waals surface area contributed by atoms with Crippen LogP contribution >= 0.6 is 0 Å². The molecule has 4 heteroatoms. The zero-order valence-corrected chi connectivity index (χ0v) is 15.4. The molecular formula is C21H30O4. The highest BCUT2D eigenvalue weighted by Crippen LogP contribution is 2.74. The van der Waals surface area contributed by atoms with Gasteiger partial charge < -0.3 is 19.3 Å². The third-order valence-corrected chi connectivity index (χ3v) is 8.94. The quantitative estimate of drug-likeness (QED) is 0.541. The minimum Gasteiger partial charge on any atom is -0.393 e. The van der Waals surface area contributed by atoms with Crippen molar-refractivity contribution in [2.24, 2.45) is 23.2 Å². The van der Waals surface area contributed by atoms with Crippen LogP contribution in [-0.4, -0.2) is 41.4 Å². The Balaban J connectivity index is 1.39. The summed E-state index contributed by atoms with van der Waals surface area (Å²) in [6, 6.07) is 0. The van der Waals surface area contributed by atoms with E-state index in [2.05, 4.69) is 19.9 Å². The molecule has 7 atom stereocenters. The van der Waals surface area contributed by atoms with Crippen molar-refractivity contribution in [1.82, 2.24) is 0 Å². The van der Waals surface area contributed by atoms with E-state index in [4.69, 9.17) is 14.2 Å². The number of aliphatic hydroxyl groups is 1. The number of hydrogen-bond donors (Lipinski definition) is 1. The first-order valence-electron chi connectivity index (χ1n) is 10.3. The van der Waals surface area contributed by atoms with Crippen LogP contribution in [0.2, 0.25) is 0 Å². The number of epoxide rings is 1. The summed E-state index contributed by atoms with van der Waals surface area (Å²) in [6.45, 7) is 6.18. The molecule has 3 saturated carbocycles. The normalized spacial score (nSPS) is 58.1. The Morgan fingerprint density at radius 2 is 1.96 bits per heavy atom. The molecule has 2 saturated heterocycles. The third kappa shape index (κ3) is 1.69. The van der Waals surface area contributed by atoms with Gasteiger partial charge in [0.05, 0.1) is 19.3 Å². The van der Waals surface area contributed by atoms with E-state index in [0.29, 0.717) is 17.8 Å². The van der Waals surface area contributed by atoms with Crippen LogP contribution in [0.25, 0.3) is 0 Å². The first-order chi connectivity index (χ1) is 11.9. The van der Waals surface area contributed by atoms with Gasteiger partial charge in [0.2, 0.25) is 0 Å². The molecule has 0 radical (unpaired) electrons. The molecule has 6 rings (SSSR count). The molecule has 2 heterocycles. The average Bonchev–Trinajstić information content (AvgIpc) is 2.84. The number of fused-ring (bicyclic) bond motifs is 3. The summed E-state index contributed by atoms with van der Waals surface area (Å²) in [5, 5.41) is 10.6. The number of allylic oxidation sites excluding steroid dienone is 1. The highest BCUT2D eigenvalue weighted by atomic mass is 16.7. The average molecular weight is 346 g/mol. The zero-order valence-electron chi connectivity index (χ0n) is 15.4. The van der Waals surface area contributed by atoms with Gasteiger partial charge in [0, 0.05) is 18.3 Å². The van der Waals surface area contributed by atoms with Gasteiger partial charge in [-0.25, -0.2) is 0 Å². The SMILES string of the molecule is C[C@@H]1CC23CC4(CCC2(O3)C2=CC[C@]3(C)C(O)CCC3C21)OCCO4. The lowest BCUT2D eigenvalue weighted by atomic mass is 9.51. The molecule has 138 valence electrons. The fraction of sp³-hybridized carbons (Fsp3) is 0.905. The van der Waals surface area contributed by atoms with Crippen LogP contribution in [0.4, 0.5) is 0 Å². The van der Waals surface area contributed by atoms with E-state index in [1.54, 1.807) is 5.57 Å². The number of ether oxygens (including phenoxy) is 3. The second-order valence-electron chi connectivity index (χ2n) is 9.98. The van der Waals surface area contributed by atoms with Crippen molar-refractivity contribution >= 4 is 0 Å². The molecule has 0 aromatic carbocycles. The van der Waals surface area contributed by atoms with Gasteiger partial charge >= 0.3 is 0 Å². The van der Waals surface area contributed by atoms with Crippen molar-refractivity contribution in [2.75, 3.05) is 13.2 Å². The van der Waals surface area contributed by atoms with Gasteiger partial charge in [-0.1, -0.05) is 19.9 Å². The van der Waals surface area contributed by atoms with Crippen LogP contribution in [0.3, 0.4) is 0 Å². The number of hydrogen-bond acceptors (Lipinski definition) is 4. The van der Waals surface area contributed by atoms with Gasteiger partial charge in [-0.15, -0.1) is 0 Å². The summed E-state index contributed by atoms with van der Waals surface area (Å²) >= 11 is 0. The molecule has 0 amide bonds. The zero-order chi connectivity index (χ0) is 17.1. The van der Waals surface area contributed by atoms with Crippen molar-refractivity contribution in [2.45, 2.75) is 81.9 Å². The Morgan fingerprint density at radius 1 is 1.16 bits per heavy atom. The Kier molecular flexibility index (Phi) is 2.82. The summed E-state index contributed by atoms with van der Waals surface area (Å²) in [6.07, 6.45) is 9.50. The number of aliphatic hydroxyl groups excluding tert-OH is 1. The van der Waals surface area contributed by atoms with Crippen LogP contribution < -0.4 is 0 Å². The van der Waals surface area contributed by atoms with Gasteiger partial charge in [0.1, 0.15) is 11.2 Å². The summed E-state index contributed by atoms with van der Waals surface area (Å²) in [4.78, 5) is 0. The van der Waals surface area contributed by atoms with Crippen molar-refractivity contribution < 1.29 is 19.3 Å². The van der Waals surface area contributed by atoms with E-state index in [0.717, 1.165) is 51.7 Å². The molecule has 5 unspecified atom stereocenters. The lowest BCUT2D eigenvalue weighted by Crippen LogP contribution is -2.54. The van der Waals surface area contributed by atoms with Crippen LogP contribution in [0.5, 0.6) is 0 Å². The first-order valence-corrected chi connectivity index (χ1v) is 10.3. The van der Waals surface area contributed by atoms with Crippen LogP contribution in [0, 0.1) is 23.2 Å². The molecule has 25 heavy (non-hydrogen) atoms. The fourth-order valence-electron chi connectivity index (χ4n) is 7.73. The van der Waals surface area contributed by atoms with E-state index in [9.17, 15) is 5.11 Å². The van der Waals surface area contributed by atoms with Crippen LogP contribution in [0.15, 0.2) is 11.6 Å². The first kappa shape index (κ1) is 15.6. The van der Waals surface area contributed by atoms with E-state index in [1.165, 1.54) is 6.42 Å². The molecule has 4 nitrogen and oxygen atoms in total. The Labute approximate surface area is 149 Å². The predicted molar refractivity (Wildman–Crippen MR) is 91.8 cm³/mol. The molecule has 6 aliphatic rings. The molecule has 4 aliphatic carbocycles. The summed E-state index contributed by atoms with van der Waals surface area (Å²) < 4.78 is 18.7. The molecule has 1 spiro atoms. The predicted octanol–water partition coefficient (Wildman–Crippen LogP) is 3.18. The lowest BCUT2D eigenvalue weighted by molar-refractivity contribution is -0.186. The maximum absolute atomic E-state index is 10.6. The topological polar surface area (TPSA) is 51.2 Å². The van der Waals surface area contributed by atoms with E-state index in [1.807, 2.05) is 0 Å². The van der Waals surface area contributed by atoms with Crippen molar-refractivity contribution in [3.05, 3.63) is 11.6 Å². The highest BCUT2D eigenvalue weighted by Gasteiger charge is 2.80. The third-order valence-electron chi connectivity index (χ3n) is 8.94. The fourth-order valence-corrected chi connectivity index (χ4v) is 7.73. The highest BCUT2D eigenvalue weighted by molar-refractivity contribution is 5.43. The molecule has 2 aliphatic heterocycles. The van der Waals surface area contributed by atoms with Gasteiger partial charge in [-0.05, 0) is 55.4 Å². The molecular weight excluding hydrogens is 316 g/mol. The van der Waals surface area contributed by atoms with Crippen molar-refractivity contribution in [3.8, 4) is 0 Å². The van der Waals surface area contributed by atoms with Crippen LogP contribution in [-0.2, 0) is 14.2 Å².